The molecule has 1 unspecified atom stereocenters. The third kappa shape index (κ3) is 6.21. The largest absolute Gasteiger partial charge is 0.497 e. The van der Waals surface area contributed by atoms with Crippen molar-refractivity contribution in [1.82, 2.24) is 15.1 Å². The van der Waals surface area contributed by atoms with Crippen molar-refractivity contribution in [2.24, 2.45) is 5.92 Å². The molecule has 1 fully saturated rings. The summed E-state index contributed by atoms with van der Waals surface area (Å²) >= 11 is 5.96. The van der Waals surface area contributed by atoms with Crippen LogP contribution in [0.5, 0.6) is 5.75 Å². The molecule has 31 heavy (non-hydrogen) atoms. The molecule has 2 aromatic carbocycles. The number of methoxy groups -OCH3 is 1. The smallest absolute Gasteiger partial charge is 0.251 e. The first-order valence-electron chi connectivity index (χ1n) is 10.6. The van der Waals surface area contributed by atoms with E-state index in [1.807, 2.05) is 43.0 Å². The highest BCUT2D eigenvalue weighted by Crippen LogP contribution is 2.16. The fourth-order valence-electron chi connectivity index (χ4n) is 3.65. The van der Waals surface area contributed by atoms with E-state index >= 15 is 0 Å². The molecule has 0 saturated carbocycles. The molecule has 0 radical (unpaired) electrons. The number of rotatable bonds is 7. The summed E-state index contributed by atoms with van der Waals surface area (Å²) in [5.74, 6) is 0.394. The molecule has 3 rings (SSSR count). The van der Waals surface area contributed by atoms with Crippen LogP contribution in [0.3, 0.4) is 0 Å². The van der Waals surface area contributed by atoms with Crippen LogP contribution in [-0.2, 0) is 11.3 Å². The van der Waals surface area contributed by atoms with E-state index in [9.17, 15) is 9.59 Å². The van der Waals surface area contributed by atoms with Gasteiger partial charge in [-0.05, 0) is 47.9 Å². The van der Waals surface area contributed by atoms with Crippen molar-refractivity contribution in [3.8, 4) is 5.75 Å². The van der Waals surface area contributed by atoms with Crippen molar-refractivity contribution in [1.29, 1.82) is 0 Å². The lowest BCUT2D eigenvalue weighted by atomic mass is 10.0. The van der Waals surface area contributed by atoms with E-state index in [0.717, 1.165) is 24.7 Å². The molecule has 1 aliphatic heterocycles. The SMILES string of the molecule is COc1ccc(C(=O)NC(C(=O)N2CCN(Cc3ccc(Cl)cc3)CC2)C(C)C)cc1. The first-order chi connectivity index (χ1) is 14.9. The van der Waals surface area contributed by atoms with Crippen molar-refractivity contribution in [2.75, 3.05) is 33.3 Å². The predicted molar refractivity (Wildman–Crippen MR) is 122 cm³/mol. The van der Waals surface area contributed by atoms with E-state index in [0.29, 0.717) is 24.4 Å². The first kappa shape index (κ1) is 23.1. The minimum atomic E-state index is -0.558. The third-order valence-electron chi connectivity index (χ3n) is 5.57. The average Bonchev–Trinajstić information content (AvgIpc) is 2.78. The number of benzene rings is 2. The lowest BCUT2D eigenvalue weighted by molar-refractivity contribution is -0.136. The van der Waals surface area contributed by atoms with Crippen LogP contribution in [0.15, 0.2) is 48.5 Å². The summed E-state index contributed by atoms with van der Waals surface area (Å²) in [7, 11) is 1.58. The number of halogens is 1. The van der Waals surface area contributed by atoms with Gasteiger partial charge in [-0.1, -0.05) is 37.6 Å². The Kier molecular flexibility index (Phi) is 7.93. The van der Waals surface area contributed by atoms with Crippen LogP contribution in [0.1, 0.15) is 29.8 Å². The standard InChI is InChI=1S/C24H30ClN3O3/c1-17(2)22(26-23(29)19-6-10-21(31-3)11-7-19)24(30)28-14-12-27(13-15-28)16-18-4-8-20(25)9-5-18/h4-11,17,22H,12-16H2,1-3H3,(H,26,29). The van der Waals surface area contributed by atoms with Crippen LogP contribution in [0, 0.1) is 5.92 Å². The van der Waals surface area contributed by atoms with E-state index in [1.165, 1.54) is 5.56 Å². The number of carbonyl (C=O) groups excluding carboxylic acids is 2. The van der Waals surface area contributed by atoms with Gasteiger partial charge < -0.3 is 15.0 Å². The molecule has 166 valence electrons. The normalized spacial score (nSPS) is 15.6. The van der Waals surface area contributed by atoms with Gasteiger partial charge in [0.1, 0.15) is 11.8 Å². The molecule has 1 N–H and O–H groups in total. The lowest BCUT2D eigenvalue weighted by Crippen LogP contribution is -2.56. The summed E-state index contributed by atoms with van der Waals surface area (Å²) in [5, 5.41) is 3.66. The molecule has 6 nitrogen and oxygen atoms in total. The number of nitrogens with zero attached hydrogens (tertiary/aromatic N) is 2. The third-order valence-corrected chi connectivity index (χ3v) is 5.83. The highest BCUT2D eigenvalue weighted by Gasteiger charge is 2.31. The lowest BCUT2D eigenvalue weighted by Gasteiger charge is -2.37. The topological polar surface area (TPSA) is 61.9 Å². The Morgan fingerprint density at radius 1 is 1.00 bits per heavy atom. The van der Waals surface area contributed by atoms with Gasteiger partial charge in [-0.2, -0.15) is 0 Å². The first-order valence-corrected chi connectivity index (χ1v) is 11.0. The Morgan fingerprint density at radius 3 is 2.16 bits per heavy atom. The summed E-state index contributed by atoms with van der Waals surface area (Å²) in [5.41, 5.74) is 1.71. The van der Waals surface area contributed by atoms with Gasteiger partial charge in [-0.25, -0.2) is 0 Å². The molecule has 0 bridgehead atoms. The molecule has 0 aromatic heterocycles. The van der Waals surface area contributed by atoms with Crippen molar-refractivity contribution >= 4 is 23.4 Å². The van der Waals surface area contributed by atoms with Crippen molar-refractivity contribution in [3.05, 3.63) is 64.7 Å². The van der Waals surface area contributed by atoms with E-state index in [4.69, 9.17) is 16.3 Å². The fourth-order valence-corrected chi connectivity index (χ4v) is 3.78. The van der Waals surface area contributed by atoms with Gasteiger partial charge in [0.2, 0.25) is 5.91 Å². The van der Waals surface area contributed by atoms with Crippen LogP contribution in [-0.4, -0.2) is 60.9 Å². The quantitative estimate of drug-likeness (QED) is 0.712. The Bertz CT molecular complexity index is 876. The predicted octanol–water partition coefficient (Wildman–Crippen LogP) is 3.45. The van der Waals surface area contributed by atoms with Crippen LogP contribution in [0.2, 0.25) is 5.02 Å². The van der Waals surface area contributed by atoms with Crippen LogP contribution in [0.25, 0.3) is 0 Å². The molecule has 0 aliphatic carbocycles. The van der Waals surface area contributed by atoms with Crippen molar-refractivity contribution in [2.45, 2.75) is 26.4 Å². The van der Waals surface area contributed by atoms with Gasteiger partial charge in [0, 0.05) is 43.3 Å². The van der Waals surface area contributed by atoms with Crippen LogP contribution in [0.4, 0.5) is 0 Å². The molecule has 1 heterocycles. The minimum Gasteiger partial charge on any atom is -0.497 e. The minimum absolute atomic E-state index is 0.0122. The number of carbonyl (C=O) groups is 2. The zero-order chi connectivity index (χ0) is 22.4. The number of nitrogens with one attached hydrogen (secondary N) is 1. The zero-order valence-electron chi connectivity index (χ0n) is 18.3. The summed E-state index contributed by atoms with van der Waals surface area (Å²) in [6.45, 7) is 7.63. The summed E-state index contributed by atoms with van der Waals surface area (Å²) < 4.78 is 5.13. The summed E-state index contributed by atoms with van der Waals surface area (Å²) in [6.07, 6.45) is 0. The highest BCUT2D eigenvalue weighted by atomic mass is 35.5. The van der Waals surface area contributed by atoms with Crippen molar-refractivity contribution < 1.29 is 14.3 Å². The summed E-state index contributed by atoms with van der Waals surface area (Å²) in [4.78, 5) is 30.0. The van der Waals surface area contributed by atoms with Crippen LogP contribution < -0.4 is 10.1 Å². The van der Waals surface area contributed by atoms with E-state index in [2.05, 4.69) is 10.2 Å². The molecular formula is C24H30ClN3O3. The summed E-state index contributed by atoms with van der Waals surface area (Å²) in [6, 6.07) is 14.2. The molecule has 1 atom stereocenters. The second-order valence-corrected chi connectivity index (χ2v) is 8.59. The van der Waals surface area contributed by atoms with Gasteiger partial charge in [0.05, 0.1) is 7.11 Å². The maximum atomic E-state index is 13.2. The van der Waals surface area contributed by atoms with Gasteiger partial charge in [0.25, 0.3) is 5.91 Å². The molecule has 2 amide bonds. The van der Waals surface area contributed by atoms with E-state index in [-0.39, 0.29) is 17.7 Å². The Hall–Kier alpha value is -2.57. The van der Waals surface area contributed by atoms with Gasteiger partial charge in [-0.15, -0.1) is 0 Å². The Balaban J connectivity index is 1.56. The van der Waals surface area contributed by atoms with Gasteiger partial charge in [0.15, 0.2) is 0 Å². The highest BCUT2D eigenvalue weighted by molar-refractivity contribution is 6.30. The maximum absolute atomic E-state index is 13.2. The molecule has 7 heteroatoms. The van der Waals surface area contributed by atoms with Crippen molar-refractivity contribution in [3.63, 3.8) is 0 Å². The van der Waals surface area contributed by atoms with Gasteiger partial charge in [-0.3, -0.25) is 14.5 Å². The number of hydrogen-bond donors (Lipinski definition) is 1. The second kappa shape index (κ2) is 10.6. The molecule has 2 aromatic rings. The van der Waals surface area contributed by atoms with E-state index < -0.39 is 6.04 Å². The Labute approximate surface area is 189 Å². The average molecular weight is 444 g/mol. The van der Waals surface area contributed by atoms with E-state index in [1.54, 1.807) is 31.4 Å². The fraction of sp³-hybridized carbons (Fsp3) is 0.417. The number of amides is 2. The second-order valence-electron chi connectivity index (χ2n) is 8.15. The zero-order valence-corrected chi connectivity index (χ0v) is 19.1. The number of piperazine rings is 1. The molecule has 1 aliphatic rings. The number of ether oxygens (including phenoxy) is 1. The Morgan fingerprint density at radius 2 is 1.61 bits per heavy atom. The molecule has 0 spiro atoms. The maximum Gasteiger partial charge on any atom is 0.251 e. The number of hydrogen-bond acceptors (Lipinski definition) is 4. The van der Waals surface area contributed by atoms with Crippen LogP contribution >= 0.6 is 11.6 Å². The molecule has 1 saturated heterocycles. The monoisotopic (exact) mass is 443 g/mol. The van der Waals surface area contributed by atoms with Gasteiger partial charge >= 0.3 is 0 Å². The molecular weight excluding hydrogens is 414 g/mol.